The molecule has 12 heteroatoms. The van der Waals surface area contributed by atoms with Crippen molar-refractivity contribution in [2.45, 2.75) is 78.2 Å². The lowest BCUT2D eigenvalue weighted by atomic mass is 10.0. The van der Waals surface area contributed by atoms with Crippen LogP contribution >= 0.6 is 0 Å². The van der Waals surface area contributed by atoms with Gasteiger partial charge in [0.1, 0.15) is 35.8 Å². The fourth-order valence-corrected chi connectivity index (χ4v) is 5.17. The number of hydrogen-bond acceptors (Lipinski definition) is 8. The quantitative estimate of drug-likeness (QED) is 0.295. The zero-order valence-electron chi connectivity index (χ0n) is 26.9. The van der Waals surface area contributed by atoms with E-state index in [1.165, 1.54) is 11.0 Å². The van der Waals surface area contributed by atoms with Crippen molar-refractivity contribution in [2.75, 3.05) is 43.1 Å². The van der Waals surface area contributed by atoms with Gasteiger partial charge in [0.25, 0.3) is 0 Å². The number of halogens is 1. The number of fused-ring (bicyclic) bond motifs is 1. The summed E-state index contributed by atoms with van der Waals surface area (Å²) in [6.45, 7) is 11.8. The van der Waals surface area contributed by atoms with Crippen molar-refractivity contribution in [3.63, 3.8) is 0 Å². The SMILES string of the molecule is CC(C)(C)OC(=O)CNc1c(OCc2ccccc2)cc2c(c1F)C[C@H](CN(CCC1COC1)C(=O)OC(C)(C)C)N2C(=O)O. The first-order valence-corrected chi connectivity index (χ1v) is 15.2. The van der Waals surface area contributed by atoms with E-state index in [0.717, 1.165) is 10.5 Å². The zero-order valence-corrected chi connectivity index (χ0v) is 26.9. The van der Waals surface area contributed by atoms with Crippen LogP contribution in [0.1, 0.15) is 59.1 Å². The molecule has 1 atom stereocenters. The molecular weight excluding hydrogens is 585 g/mol. The van der Waals surface area contributed by atoms with Gasteiger partial charge in [0, 0.05) is 37.1 Å². The molecule has 2 N–H and O–H groups in total. The summed E-state index contributed by atoms with van der Waals surface area (Å²) >= 11 is 0. The minimum absolute atomic E-state index is 0.000608. The maximum absolute atomic E-state index is 16.4. The van der Waals surface area contributed by atoms with E-state index in [-0.39, 0.29) is 48.8 Å². The average molecular weight is 630 g/mol. The van der Waals surface area contributed by atoms with Gasteiger partial charge >= 0.3 is 18.2 Å². The lowest BCUT2D eigenvalue weighted by Crippen LogP contribution is -2.48. The van der Waals surface area contributed by atoms with Crippen LogP contribution in [0.3, 0.4) is 0 Å². The maximum Gasteiger partial charge on any atom is 0.412 e. The highest BCUT2D eigenvalue weighted by atomic mass is 19.1. The van der Waals surface area contributed by atoms with Crippen LogP contribution in [0.5, 0.6) is 5.75 Å². The first-order valence-electron chi connectivity index (χ1n) is 15.2. The minimum Gasteiger partial charge on any atom is -0.487 e. The van der Waals surface area contributed by atoms with Crippen LogP contribution in [0.15, 0.2) is 36.4 Å². The highest BCUT2D eigenvalue weighted by molar-refractivity contribution is 5.92. The van der Waals surface area contributed by atoms with E-state index in [4.69, 9.17) is 18.9 Å². The summed E-state index contributed by atoms with van der Waals surface area (Å²) in [6, 6.07) is 9.91. The van der Waals surface area contributed by atoms with Gasteiger partial charge in [-0.3, -0.25) is 9.69 Å². The van der Waals surface area contributed by atoms with Crippen molar-refractivity contribution >= 4 is 29.5 Å². The van der Waals surface area contributed by atoms with E-state index in [2.05, 4.69) is 5.32 Å². The molecule has 4 rings (SSSR count). The van der Waals surface area contributed by atoms with Gasteiger partial charge in [-0.2, -0.15) is 0 Å². The van der Waals surface area contributed by atoms with E-state index in [9.17, 15) is 19.5 Å². The van der Waals surface area contributed by atoms with E-state index in [0.29, 0.717) is 32.1 Å². The second-order valence-electron chi connectivity index (χ2n) is 13.4. The molecule has 2 aliphatic heterocycles. The largest absolute Gasteiger partial charge is 0.487 e. The highest BCUT2D eigenvalue weighted by Gasteiger charge is 2.40. The molecule has 2 aliphatic rings. The number of benzene rings is 2. The minimum atomic E-state index is -1.29. The van der Waals surface area contributed by atoms with Gasteiger partial charge in [0.05, 0.1) is 24.9 Å². The molecule has 0 unspecified atom stereocenters. The molecule has 2 aromatic rings. The van der Waals surface area contributed by atoms with Gasteiger partial charge in [-0.1, -0.05) is 30.3 Å². The predicted octanol–water partition coefficient (Wildman–Crippen LogP) is 5.84. The second kappa shape index (κ2) is 13.9. The molecular formula is C33H44FN3O8. The molecule has 2 aromatic carbocycles. The molecule has 0 saturated carbocycles. The summed E-state index contributed by atoms with van der Waals surface area (Å²) in [5, 5.41) is 13.1. The zero-order chi connectivity index (χ0) is 32.9. The number of carbonyl (C=O) groups excluding carboxylic acids is 2. The Balaban J connectivity index is 1.64. The van der Waals surface area contributed by atoms with Crippen LogP contribution < -0.4 is 15.0 Å². The number of ether oxygens (including phenoxy) is 4. The molecule has 2 heterocycles. The van der Waals surface area contributed by atoms with Gasteiger partial charge in [-0.05, 0) is 53.5 Å². The topological polar surface area (TPSA) is 127 Å². The fraction of sp³-hybridized carbons (Fsp3) is 0.545. The molecule has 0 spiro atoms. The van der Waals surface area contributed by atoms with Gasteiger partial charge < -0.3 is 34.3 Å². The van der Waals surface area contributed by atoms with Gasteiger partial charge in [0.15, 0.2) is 5.82 Å². The van der Waals surface area contributed by atoms with Crippen LogP contribution in [0.2, 0.25) is 0 Å². The fourth-order valence-electron chi connectivity index (χ4n) is 5.17. The van der Waals surface area contributed by atoms with Crippen LogP contribution in [-0.4, -0.2) is 78.3 Å². The number of amides is 2. The number of rotatable bonds is 11. The Morgan fingerprint density at radius 3 is 2.31 bits per heavy atom. The van der Waals surface area contributed by atoms with Crippen LogP contribution in [-0.2, 0) is 32.0 Å². The number of esters is 1. The van der Waals surface area contributed by atoms with E-state index in [1.54, 1.807) is 41.5 Å². The summed E-state index contributed by atoms with van der Waals surface area (Å²) in [6.07, 6.45) is -1.20. The number of hydrogen-bond donors (Lipinski definition) is 2. The first kappa shape index (κ1) is 33.8. The predicted molar refractivity (Wildman–Crippen MR) is 166 cm³/mol. The van der Waals surface area contributed by atoms with E-state index < -0.39 is 41.2 Å². The third kappa shape index (κ3) is 9.23. The second-order valence-corrected chi connectivity index (χ2v) is 13.4. The van der Waals surface area contributed by atoms with E-state index >= 15 is 4.39 Å². The van der Waals surface area contributed by atoms with E-state index in [1.807, 2.05) is 30.3 Å². The Morgan fingerprint density at radius 2 is 1.73 bits per heavy atom. The van der Waals surface area contributed by atoms with Crippen LogP contribution in [0.25, 0.3) is 0 Å². The summed E-state index contributed by atoms with van der Waals surface area (Å²) in [7, 11) is 0. The molecule has 1 saturated heterocycles. The normalized spacial score (nSPS) is 16.4. The lowest BCUT2D eigenvalue weighted by molar-refractivity contribution is -0.152. The Labute approximate surface area is 263 Å². The van der Waals surface area contributed by atoms with Gasteiger partial charge in [-0.15, -0.1) is 0 Å². The number of nitrogens with zero attached hydrogens (tertiary/aromatic N) is 2. The highest BCUT2D eigenvalue weighted by Crippen LogP contribution is 2.43. The van der Waals surface area contributed by atoms with Crippen molar-refractivity contribution in [1.82, 2.24) is 4.90 Å². The van der Waals surface area contributed by atoms with Crippen molar-refractivity contribution in [1.29, 1.82) is 0 Å². The monoisotopic (exact) mass is 629 g/mol. The van der Waals surface area contributed by atoms with Crippen LogP contribution in [0, 0.1) is 11.7 Å². The average Bonchev–Trinajstić information content (AvgIpc) is 3.27. The van der Waals surface area contributed by atoms with Crippen molar-refractivity contribution in [2.24, 2.45) is 5.92 Å². The molecule has 45 heavy (non-hydrogen) atoms. The Bertz CT molecular complexity index is 1370. The van der Waals surface area contributed by atoms with Crippen LogP contribution in [0.4, 0.5) is 25.4 Å². The molecule has 11 nitrogen and oxygen atoms in total. The van der Waals surface area contributed by atoms with Crippen molar-refractivity contribution in [3.05, 3.63) is 53.3 Å². The third-order valence-electron chi connectivity index (χ3n) is 7.24. The molecule has 0 aliphatic carbocycles. The van der Waals surface area contributed by atoms with Crippen molar-refractivity contribution < 1.29 is 42.8 Å². The molecule has 246 valence electrons. The molecule has 0 bridgehead atoms. The maximum atomic E-state index is 16.4. The summed E-state index contributed by atoms with van der Waals surface area (Å²) < 4.78 is 38.6. The lowest BCUT2D eigenvalue weighted by Gasteiger charge is -2.33. The molecule has 2 amide bonds. The number of carboxylic acid groups (broad SMARTS) is 1. The Hall–Kier alpha value is -4.06. The summed E-state index contributed by atoms with van der Waals surface area (Å²) in [4.78, 5) is 40.9. The molecule has 0 radical (unpaired) electrons. The molecule has 1 fully saturated rings. The first-order chi connectivity index (χ1) is 21.1. The number of nitrogens with one attached hydrogen (secondary N) is 1. The Morgan fingerprint density at radius 1 is 1.07 bits per heavy atom. The Kier molecular flexibility index (Phi) is 10.5. The smallest absolute Gasteiger partial charge is 0.412 e. The van der Waals surface area contributed by atoms with Gasteiger partial charge in [0.2, 0.25) is 0 Å². The number of carbonyl (C=O) groups is 3. The van der Waals surface area contributed by atoms with Crippen molar-refractivity contribution in [3.8, 4) is 5.75 Å². The van der Waals surface area contributed by atoms with Gasteiger partial charge in [-0.25, -0.2) is 14.0 Å². The summed E-state index contributed by atoms with van der Waals surface area (Å²) in [5.74, 6) is -0.985. The standard InChI is InChI=1S/C33H44FN3O8/c1-32(2,3)44-27(38)16-35-29-26(43-20-21-10-8-7-9-11-21)15-25-24(28(29)34)14-23(37(25)30(39)40)17-36(13-12-22-18-42-19-22)31(41)45-33(4,5)6/h7-11,15,22-23,35H,12-14,16-20H2,1-6H3,(H,39,40)/t23-/m1/s1. The number of anilines is 2. The third-order valence-corrected chi connectivity index (χ3v) is 7.24. The molecule has 0 aromatic heterocycles. The summed E-state index contributed by atoms with van der Waals surface area (Å²) in [5.41, 5.74) is -0.496.